The minimum absolute atomic E-state index is 0.374. The molecule has 0 saturated carbocycles. The van der Waals surface area contributed by atoms with Crippen molar-refractivity contribution in [3.05, 3.63) is 30.1 Å². The molecule has 0 radical (unpaired) electrons. The average molecular weight is 236 g/mol. The van der Waals surface area contributed by atoms with Crippen molar-refractivity contribution in [2.45, 2.75) is 32.7 Å². The molecule has 94 valence electrons. The Labute approximate surface area is 102 Å². The molecule has 0 amide bonds. The van der Waals surface area contributed by atoms with Crippen LogP contribution in [0, 0.1) is 5.92 Å². The summed E-state index contributed by atoms with van der Waals surface area (Å²) in [5.74, 6) is -0.404. The van der Waals surface area contributed by atoms with Gasteiger partial charge < -0.3 is 10.4 Å². The Morgan fingerprint density at radius 1 is 1.47 bits per heavy atom. The van der Waals surface area contributed by atoms with Gasteiger partial charge in [0.15, 0.2) is 0 Å². The number of hydrogen-bond acceptors (Lipinski definition) is 3. The molecule has 0 aromatic carbocycles. The summed E-state index contributed by atoms with van der Waals surface area (Å²) < 4.78 is 0. The number of aromatic nitrogens is 1. The fraction of sp³-hybridized carbons (Fsp3) is 0.538. The maximum absolute atomic E-state index is 11.0. The molecular formula is C13H20N2O2. The molecule has 1 atom stereocenters. The highest BCUT2D eigenvalue weighted by molar-refractivity contribution is 5.73. The Hall–Kier alpha value is -1.42. The zero-order valence-electron chi connectivity index (χ0n) is 10.4. The Bertz CT molecular complexity index is 339. The lowest BCUT2D eigenvalue weighted by atomic mass is 10.0. The van der Waals surface area contributed by atoms with E-state index in [9.17, 15) is 4.79 Å². The Morgan fingerprint density at radius 2 is 2.24 bits per heavy atom. The Kier molecular flexibility index (Phi) is 5.63. The van der Waals surface area contributed by atoms with E-state index in [2.05, 4.69) is 10.3 Å². The summed E-state index contributed by atoms with van der Waals surface area (Å²) in [5, 5.41) is 12.1. The first-order valence-electron chi connectivity index (χ1n) is 5.95. The van der Waals surface area contributed by atoms with E-state index in [0.29, 0.717) is 18.9 Å². The maximum Gasteiger partial charge on any atom is 0.320 e. The molecule has 0 saturated heterocycles. The van der Waals surface area contributed by atoms with Crippen LogP contribution in [0.25, 0.3) is 0 Å². The molecule has 1 unspecified atom stereocenters. The van der Waals surface area contributed by atoms with Crippen LogP contribution in [0.2, 0.25) is 0 Å². The van der Waals surface area contributed by atoms with Gasteiger partial charge in [0.2, 0.25) is 0 Å². The second kappa shape index (κ2) is 7.01. The average Bonchev–Trinajstić information content (AvgIpc) is 2.28. The summed E-state index contributed by atoms with van der Waals surface area (Å²) in [6.07, 6.45) is 3.15. The van der Waals surface area contributed by atoms with E-state index < -0.39 is 12.0 Å². The standard InChI is InChI=1S/C13H20N2O2/c1-10(2)9-12(13(16)17)15-8-6-11-5-3-4-7-14-11/h3-5,7,10,12,15H,6,8-9H2,1-2H3,(H,16,17). The van der Waals surface area contributed by atoms with Crippen LogP contribution < -0.4 is 5.32 Å². The van der Waals surface area contributed by atoms with Crippen molar-refractivity contribution in [3.8, 4) is 0 Å². The van der Waals surface area contributed by atoms with E-state index >= 15 is 0 Å². The minimum Gasteiger partial charge on any atom is -0.480 e. The molecule has 17 heavy (non-hydrogen) atoms. The third-order valence-electron chi connectivity index (χ3n) is 2.50. The first-order valence-corrected chi connectivity index (χ1v) is 5.95. The highest BCUT2D eigenvalue weighted by atomic mass is 16.4. The van der Waals surface area contributed by atoms with Gasteiger partial charge >= 0.3 is 5.97 Å². The summed E-state index contributed by atoms with van der Waals surface area (Å²) in [6, 6.07) is 5.29. The molecule has 1 heterocycles. The van der Waals surface area contributed by atoms with Crippen molar-refractivity contribution in [1.29, 1.82) is 0 Å². The predicted octanol–water partition coefficient (Wildman–Crippen LogP) is 1.71. The van der Waals surface area contributed by atoms with Crippen LogP contribution in [-0.4, -0.2) is 28.6 Å². The van der Waals surface area contributed by atoms with E-state index in [0.717, 1.165) is 12.1 Å². The van der Waals surface area contributed by atoms with Crippen molar-refractivity contribution in [1.82, 2.24) is 10.3 Å². The second-order valence-corrected chi connectivity index (χ2v) is 4.55. The maximum atomic E-state index is 11.0. The lowest BCUT2D eigenvalue weighted by Crippen LogP contribution is -2.38. The molecule has 2 N–H and O–H groups in total. The van der Waals surface area contributed by atoms with Crippen molar-refractivity contribution in [3.63, 3.8) is 0 Å². The number of nitrogens with one attached hydrogen (secondary N) is 1. The first-order chi connectivity index (χ1) is 8.09. The SMILES string of the molecule is CC(C)CC(NCCc1ccccn1)C(=O)O. The minimum atomic E-state index is -0.778. The molecule has 0 aliphatic carbocycles. The van der Waals surface area contributed by atoms with Crippen molar-refractivity contribution in [2.75, 3.05) is 6.54 Å². The molecule has 0 spiro atoms. The number of hydrogen-bond donors (Lipinski definition) is 2. The fourth-order valence-corrected chi connectivity index (χ4v) is 1.66. The lowest BCUT2D eigenvalue weighted by molar-refractivity contribution is -0.139. The number of aliphatic carboxylic acids is 1. The van der Waals surface area contributed by atoms with Crippen LogP contribution in [0.3, 0.4) is 0 Å². The third kappa shape index (κ3) is 5.45. The summed E-state index contributed by atoms with van der Waals surface area (Å²) in [6.45, 7) is 4.69. The van der Waals surface area contributed by atoms with Gasteiger partial charge in [-0.2, -0.15) is 0 Å². The normalized spacial score (nSPS) is 12.6. The second-order valence-electron chi connectivity index (χ2n) is 4.55. The monoisotopic (exact) mass is 236 g/mol. The largest absolute Gasteiger partial charge is 0.480 e. The van der Waals surface area contributed by atoms with Crippen LogP contribution in [0.15, 0.2) is 24.4 Å². The molecule has 0 aliphatic rings. The molecule has 0 fully saturated rings. The van der Waals surface area contributed by atoms with Crippen LogP contribution in [0.1, 0.15) is 26.0 Å². The van der Waals surface area contributed by atoms with Gasteiger partial charge in [0.25, 0.3) is 0 Å². The summed E-state index contributed by atoms with van der Waals surface area (Å²) in [7, 11) is 0. The highest BCUT2D eigenvalue weighted by Crippen LogP contribution is 2.05. The van der Waals surface area contributed by atoms with Crippen LogP contribution in [0.5, 0.6) is 0 Å². The van der Waals surface area contributed by atoms with Gasteiger partial charge in [-0.3, -0.25) is 9.78 Å². The lowest BCUT2D eigenvalue weighted by Gasteiger charge is -2.16. The zero-order chi connectivity index (χ0) is 12.7. The predicted molar refractivity (Wildman–Crippen MR) is 66.8 cm³/mol. The van der Waals surface area contributed by atoms with Gasteiger partial charge in [-0.25, -0.2) is 0 Å². The molecule has 1 rings (SSSR count). The molecule has 4 heteroatoms. The van der Waals surface area contributed by atoms with Gasteiger partial charge in [0.05, 0.1) is 0 Å². The van der Waals surface area contributed by atoms with E-state index in [-0.39, 0.29) is 0 Å². The first kappa shape index (κ1) is 13.6. The van der Waals surface area contributed by atoms with Crippen molar-refractivity contribution < 1.29 is 9.90 Å². The van der Waals surface area contributed by atoms with Gasteiger partial charge in [0, 0.05) is 24.9 Å². The topological polar surface area (TPSA) is 62.2 Å². The third-order valence-corrected chi connectivity index (χ3v) is 2.50. The number of carboxylic acid groups (broad SMARTS) is 1. The summed E-state index contributed by atoms with van der Waals surface area (Å²) >= 11 is 0. The molecular weight excluding hydrogens is 216 g/mol. The number of pyridine rings is 1. The van der Waals surface area contributed by atoms with E-state index in [1.807, 2.05) is 32.0 Å². The quantitative estimate of drug-likeness (QED) is 0.756. The summed E-state index contributed by atoms with van der Waals surface area (Å²) in [5.41, 5.74) is 0.980. The van der Waals surface area contributed by atoms with E-state index in [4.69, 9.17) is 5.11 Å². The smallest absolute Gasteiger partial charge is 0.320 e. The van der Waals surface area contributed by atoms with E-state index in [1.165, 1.54) is 0 Å². The van der Waals surface area contributed by atoms with Crippen molar-refractivity contribution in [2.24, 2.45) is 5.92 Å². The molecule has 1 aromatic heterocycles. The van der Waals surface area contributed by atoms with Gasteiger partial charge in [-0.1, -0.05) is 19.9 Å². The zero-order valence-corrected chi connectivity index (χ0v) is 10.4. The van der Waals surface area contributed by atoms with Gasteiger partial charge in [0.1, 0.15) is 6.04 Å². The molecule has 1 aromatic rings. The number of carbonyl (C=O) groups is 1. The van der Waals surface area contributed by atoms with E-state index in [1.54, 1.807) is 6.20 Å². The molecule has 0 aliphatic heterocycles. The molecule has 0 bridgehead atoms. The number of rotatable bonds is 7. The number of nitrogens with zero attached hydrogens (tertiary/aromatic N) is 1. The van der Waals surface area contributed by atoms with Crippen LogP contribution in [-0.2, 0) is 11.2 Å². The van der Waals surface area contributed by atoms with Crippen molar-refractivity contribution >= 4 is 5.97 Å². The highest BCUT2D eigenvalue weighted by Gasteiger charge is 2.17. The van der Waals surface area contributed by atoms with Crippen LogP contribution >= 0.6 is 0 Å². The number of carboxylic acids is 1. The van der Waals surface area contributed by atoms with Crippen LogP contribution in [0.4, 0.5) is 0 Å². The van der Waals surface area contributed by atoms with Gasteiger partial charge in [-0.05, 0) is 24.5 Å². The molecule has 4 nitrogen and oxygen atoms in total. The Morgan fingerprint density at radius 3 is 2.76 bits per heavy atom. The summed E-state index contributed by atoms with van der Waals surface area (Å²) in [4.78, 5) is 15.2. The fourth-order valence-electron chi connectivity index (χ4n) is 1.66. The Balaban J connectivity index is 2.35. The van der Waals surface area contributed by atoms with Gasteiger partial charge in [-0.15, -0.1) is 0 Å².